The summed E-state index contributed by atoms with van der Waals surface area (Å²) in [6, 6.07) is 0. The van der Waals surface area contributed by atoms with Crippen LogP contribution in [0.3, 0.4) is 0 Å². The second-order valence-electron chi connectivity index (χ2n) is 3.07. The molecule has 0 amide bonds. The Kier molecular flexibility index (Phi) is 11.9. The van der Waals surface area contributed by atoms with Crippen molar-refractivity contribution in [1.29, 1.82) is 0 Å². The van der Waals surface area contributed by atoms with Crippen LogP contribution in [0.2, 0.25) is 0 Å². The number of carboxylic acid groups (broad SMARTS) is 1. The SMILES string of the molecule is CCCCCC[C@@H](C)C(=O)[O-].[Na+]. The number of carbonyl (C=O) groups is 1. The fourth-order valence-electron chi connectivity index (χ4n) is 0.995. The second kappa shape index (κ2) is 9.56. The number of rotatable bonds is 6. The van der Waals surface area contributed by atoms with Crippen molar-refractivity contribution in [2.24, 2.45) is 5.92 Å². The number of carbonyl (C=O) groups excluding carboxylic acids is 1. The van der Waals surface area contributed by atoms with E-state index in [-0.39, 0.29) is 35.5 Å². The van der Waals surface area contributed by atoms with Crippen molar-refractivity contribution >= 4 is 5.97 Å². The van der Waals surface area contributed by atoms with Crippen molar-refractivity contribution in [1.82, 2.24) is 0 Å². The number of unbranched alkanes of at least 4 members (excludes halogenated alkanes) is 3. The monoisotopic (exact) mass is 180 g/mol. The van der Waals surface area contributed by atoms with Gasteiger partial charge in [0.05, 0.1) is 0 Å². The average molecular weight is 180 g/mol. The molecule has 0 unspecified atom stereocenters. The van der Waals surface area contributed by atoms with E-state index in [9.17, 15) is 9.90 Å². The molecule has 0 spiro atoms. The van der Waals surface area contributed by atoms with Crippen molar-refractivity contribution in [3.8, 4) is 0 Å². The van der Waals surface area contributed by atoms with Gasteiger partial charge in [-0.05, 0) is 12.3 Å². The first-order chi connectivity index (χ1) is 5.18. The minimum absolute atomic E-state index is 0. The molecule has 0 heterocycles. The summed E-state index contributed by atoms with van der Waals surface area (Å²) in [5, 5.41) is 10.3. The Morgan fingerprint density at radius 3 is 2.33 bits per heavy atom. The summed E-state index contributed by atoms with van der Waals surface area (Å²) in [7, 11) is 0. The van der Waals surface area contributed by atoms with E-state index in [1.54, 1.807) is 6.92 Å². The van der Waals surface area contributed by atoms with Crippen molar-refractivity contribution < 1.29 is 39.5 Å². The summed E-state index contributed by atoms with van der Waals surface area (Å²) in [4.78, 5) is 10.3. The van der Waals surface area contributed by atoms with Crippen LogP contribution in [0.15, 0.2) is 0 Å². The van der Waals surface area contributed by atoms with Crippen LogP contribution in [-0.4, -0.2) is 5.97 Å². The summed E-state index contributed by atoms with van der Waals surface area (Å²) >= 11 is 0. The van der Waals surface area contributed by atoms with Crippen LogP contribution in [0.1, 0.15) is 46.0 Å². The van der Waals surface area contributed by atoms with E-state index < -0.39 is 5.97 Å². The minimum atomic E-state index is -0.915. The first-order valence-corrected chi connectivity index (χ1v) is 4.39. The number of hydrogen-bond acceptors (Lipinski definition) is 2. The van der Waals surface area contributed by atoms with E-state index in [4.69, 9.17) is 0 Å². The van der Waals surface area contributed by atoms with Gasteiger partial charge in [-0.3, -0.25) is 0 Å². The maximum Gasteiger partial charge on any atom is 1.00 e. The van der Waals surface area contributed by atoms with Crippen molar-refractivity contribution in [3.63, 3.8) is 0 Å². The molecule has 2 nitrogen and oxygen atoms in total. The van der Waals surface area contributed by atoms with Gasteiger partial charge in [0.25, 0.3) is 0 Å². The molecule has 1 atom stereocenters. The van der Waals surface area contributed by atoms with Crippen LogP contribution >= 0.6 is 0 Å². The molecule has 0 fully saturated rings. The molecule has 0 aliphatic heterocycles. The molecule has 0 aromatic heterocycles. The van der Waals surface area contributed by atoms with Crippen LogP contribution in [-0.2, 0) is 4.79 Å². The Bertz CT molecular complexity index is 115. The molecule has 3 heteroatoms. The molecular weight excluding hydrogens is 163 g/mol. The zero-order valence-corrected chi connectivity index (χ0v) is 10.4. The van der Waals surface area contributed by atoms with E-state index in [1.165, 1.54) is 12.8 Å². The maximum absolute atomic E-state index is 10.3. The zero-order valence-electron chi connectivity index (χ0n) is 8.43. The van der Waals surface area contributed by atoms with Gasteiger partial charge in [0, 0.05) is 5.97 Å². The van der Waals surface area contributed by atoms with Crippen LogP contribution in [0.5, 0.6) is 0 Å². The van der Waals surface area contributed by atoms with Crippen LogP contribution in [0.25, 0.3) is 0 Å². The Labute approximate surface area is 97.0 Å². The van der Waals surface area contributed by atoms with E-state index in [2.05, 4.69) is 6.92 Å². The van der Waals surface area contributed by atoms with E-state index in [0.717, 1.165) is 19.3 Å². The van der Waals surface area contributed by atoms with Gasteiger partial charge in [-0.15, -0.1) is 0 Å². The molecule has 12 heavy (non-hydrogen) atoms. The first kappa shape index (κ1) is 15.0. The van der Waals surface area contributed by atoms with Crippen LogP contribution in [0.4, 0.5) is 0 Å². The van der Waals surface area contributed by atoms with Gasteiger partial charge in [0.1, 0.15) is 0 Å². The first-order valence-electron chi connectivity index (χ1n) is 4.39. The molecule has 0 saturated carbocycles. The molecule has 0 aliphatic carbocycles. The fraction of sp³-hybridized carbons (Fsp3) is 0.889. The summed E-state index contributed by atoms with van der Waals surface area (Å²) < 4.78 is 0. The smallest absolute Gasteiger partial charge is 0.550 e. The zero-order chi connectivity index (χ0) is 8.69. The Morgan fingerprint density at radius 2 is 1.92 bits per heavy atom. The summed E-state index contributed by atoms with van der Waals surface area (Å²) in [6.07, 6.45) is 5.33. The molecule has 0 aromatic carbocycles. The third kappa shape index (κ3) is 8.57. The van der Waals surface area contributed by atoms with Gasteiger partial charge in [-0.2, -0.15) is 0 Å². The molecular formula is C9H17NaO2. The molecule has 0 saturated heterocycles. The largest absolute Gasteiger partial charge is 1.00 e. The van der Waals surface area contributed by atoms with Gasteiger partial charge < -0.3 is 9.90 Å². The van der Waals surface area contributed by atoms with Crippen molar-refractivity contribution in [2.45, 2.75) is 46.0 Å². The van der Waals surface area contributed by atoms with Gasteiger partial charge >= 0.3 is 29.6 Å². The predicted molar refractivity (Wildman–Crippen MR) is 42.9 cm³/mol. The predicted octanol–water partition coefficient (Wildman–Crippen LogP) is -1.65. The molecule has 0 radical (unpaired) electrons. The summed E-state index contributed by atoms with van der Waals surface area (Å²) in [6.45, 7) is 3.85. The Morgan fingerprint density at radius 1 is 1.33 bits per heavy atom. The second-order valence-corrected chi connectivity index (χ2v) is 3.07. The topological polar surface area (TPSA) is 40.1 Å². The van der Waals surface area contributed by atoms with Gasteiger partial charge in [0.15, 0.2) is 0 Å². The average Bonchev–Trinajstić information content (AvgIpc) is 1.97. The van der Waals surface area contributed by atoms with Gasteiger partial charge in [-0.25, -0.2) is 0 Å². The van der Waals surface area contributed by atoms with Gasteiger partial charge in [-0.1, -0.05) is 39.5 Å². The quantitative estimate of drug-likeness (QED) is 0.363. The number of aliphatic carboxylic acids is 1. The third-order valence-electron chi connectivity index (χ3n) is 1.89. The third-order valence-corrected chi connectivity index (χ3v) is 1.89. The molecule has 0 bridgehead atoms. The normalized spacial score (nSPS) is 11.8. The standard InChI is InChI=1S/C9H18O2.Na/c1-3-4-5-6-7-8(2)9(10)11;/h8H,3-7H2,1-2H3,(H,10,11);/q;+1/p-1/t8-;/m1./s1. The summed E-state index contributed by atoms with van der Waals surface area (Å²) in [5.41, 5.74) is 0. The van der Waals surface area contributed by atoms with E-state index in [0.29, 0.717) is 0 Å². The molecule has 0 N–H and O–H groups in total. The Hall–Kier alpha value is 0.470. The fourth-order valence-corrected chi connectivity index (χ4v) is 0.995. The molecule has 0 aliphatic rings. The van der Waals surface area contributed by atoms with Crippen molar-refractivity contribution in [2.75, 3.05) is 0 Å². The van der Waals surface area contributed by atoms with Crippen molar-refractivity contribution in [3.05, 3.63) is 0 Å². The van der Waals surface area contributed by atoms with E-state index >= 15 is 0 Å². The maximum atomic E-state index is 10.3. The van der Waals surface area contributed by atoms with Crippen LogP contribution in [0, 0.1) is 5.92 Å². The van der Waals surface area contributed by atoms with Gasteiger partial charge in [0.2, 0.25) is 0 Å². The molecule has 0 rings (SSSR count). The summed E-state index contributed by atoms with van der Waals surface area (Å²) in [5.74, 6) is -1.19. The van der Waals surface area contributed by atoms with E-state index in [1.807, 2.05) is 0 Å². The number of hydrogen-bond donors (Lipinski definition) is 0. The van der Waals surface area contributed by atoms with Crippen LogP contribution < -0.4 is 34.7 Å². The minimum Gasteiger partial charge on any atom is -0.550 e. The number of carboxylic acids is 1. The Balaban J connectivity index is 0. The molecule has 66 valence electrons. The molecule has 0 aromatic rings.